The Labute approximate surface area is 188 Å². The molecular formula is C27H39NO3. The summed E-state index contributed by atoms with van der Waals surface area (Å²) in [4.78, 5) is 11.3. The number of hydrogen-bond acceptors (Lipinski definition) is 3. The second-order valence-corrected chi connectivity index (χ2v) is 8.23. The minimum absolute atomic E-state index is 0.287. The van der Waals surface area contributed by atoms with Crippen LogP contribution in [-0.4, -0.2) is 17.7 Å². The van der Waals surface area contributed by atoms with Crippen LogP contribution in [0.1, 0.15) is 93.5 Å². The van der Waals surface area contributed by atoms with E-state index in [1.54, 1.807) is 18.2 Å². The smallest absolute Gasteiger partial charge is 0.337 e. The Balaban J connectivity index is 1.54. The molecule has 2 aromatic rings. The van der Waals surface area contributed by atoms with Gasteiger partial charge in [-0.2, -0.15) is 0 Å². The third-order valence-corrected chi connectivity index (χ3v) is 5.58. The lowest BCUT2D eigenvalue weighted by Crippen LogP contribution is -2.06. The number of unbranched alkanes of at least 4 members (excludes halogenated alkanes) is 10. The van der Waals surface area contributed by atoms with Crippen molar-refractivity contribution in [1.29, 1.82) is 0 Å². The van der Waals surface area contributed by atoms with Gasteiger partial charge in [0, 0.05) is 12.2 Å². The lowest BCUT2D eigenvalue weighted by molar-refractivity contribution is 0.0698. The van der Waals surface area contributed by atoms with Crippen LogP contribution in [0.15, 0.2) is 48.5 Å². The first-order valence-corrected chi connectivity index (χ1v) is 12.0. The van der Waals surface area contributed by atoms with Crippen molar-refractivity contribution in [3.05, 3.63) is 59.7 Å². The van der Waals surface area contributed by atoms with Crippen LogP contribution in [0.3, 0.4) is 0 Å². The molecule has 0 radical (unpaired) electrons. The molecule has 0 heterocycles. The topological polar surface area (TPSA) is 58.6 Å². The summed E-state index contributed by atoms with van der Waals surface area (Å²) < 4.78 is 5.86. The molecule has 2 N–H and O–H groups in total. The van der Waals surface area contributed by atoms with E-state index < -0.39 is 5.97 Å². The average molecular weight is 426 g/mol. The fraction of sp³-hybridized carbons (Fsp3) is 0.519. The molecule has 31 heavy (non-hydrogen) atoms. The number of nitrogens with one attached hydrogen (secondary N) is 1. The predicted molar refractivity (Wildman–Crippen MR) is 129 cm³/mol. The first kappa shape index (κ1) is 24.8. The highest BCUT2D eigenvalue weighted by Gasteiger charge is 2.08. The van der Waals surface area contributed by atoms with Crippen molar-refractivity contribution in [3.8, 4) is 5.75 Å². The van der Waals surface area contributed by atoms with Gasteiger partial charge in [0.1, 0.15) is 5.75 Å². The molecule has 0 bridgehead atoms. The summed E-state index contributed by atoms with van der Waals surface area (Å²) >= 11 is 0. The summed E-state index contributed by atoms with van der Waals surface area (Å²) in [5.41, 5.74) is 2.00. The average Bonchev–Trinajstić information content (AvgIpc) is 2.79. The molecule has 0 spiro atoms. The Kier molecular flexibility index (Phi) is 12.3. The van der Waals surface area contributed by atoms with Crippen LogP contribution >= 0.6 is 0 Å². The van der Waals surface area contributed by atoms with Gasteiger partial charge < -0.3 is 15.2 Å². The maximum atomic E-state index is 11.3. The van der Waals surface area contributed by atoms with Gasteiger partial charge in [-0.25, -0.2) is 4.79 Å². The lowest BCUT2D eigenvalue weighted by Gasteiger charge is -2.10. The molecule has 0 aliphatic heterocycles. The summed E-state index contributed by atoms with van der Waals surface area (Å²) in [6.45, 7) is 3.60. The van der Waals surface area contributed by atoms with E-state index in [9.17, 15) is 9.90 Å². The van der Waals surface area contributed by atoms with Crippen LogP contribution in [0.25, 0.3) is 0 Å². The normalized spacial score (nSPS) is 10.7. The monoisotopic (exact) mass is 425 g/mol. The third-order valence-electron chi connectivity index (χ3n) is 5.58. The van der Waals surface area contributed by atoms with Gasteiger partial charge in [0.15, 0.2) is 0 Å². The number of aromatic carboxylic acids is 1. The summed E-state index contributed by atoms with van der Waals surface area (Å²) in [6.07, 6.45) is 14.7. The van der Waals surface area contributed by atoms with Crippen LogP contribution in [0, 0.1) is 0 Å². The van der Waals surface area contributed by atoms with Gasteiger partial charge in [-0.05, 0) is 36.2 Å². The number of hydrogen-bond donors (Lipinski definition) is 2. The van der Waals surface area contributed by atoms with Crippen LogP contribution in [-0.2, 0) is 6.54 Å². The molecule has 2 rings (SSSR count). The van der Waals surface area contributed by atoms with Crippen molar-refractivity contribution in [2.75, 3.05) is 11.9 Å². The highest BCUT2D eigenvalue weighted by atomic mass is 16.5. The minimum atomic E-state index is -0.922. The van der Waals surface area contributed by atoms with Crippen LogP contribution in [0.5, 0.6) is 5.75 Å². The van der Waals surface area contributed by atoms with Crippen molar-refractivity contribution in [3.63, 3.8) is 0 Å². The number of ether oxygens (including phenoxy) is 1. The second kappa shape index (κ2) is 15.3. The second-order valence-electron chi connectivity index (χ2n) is 8.23. The summed E-state index contributed by atoms with van der Waals surface area (Å²) in [5.74, 6) is -0.0315. The number of para-hydroxylation sites is 1. The molecule has 0 unspecified atom stereocenters. The molecule has 0 saturated heterocycles. The number of carboxylic acid groups (broad SMARTS) is 1. The number of carbonyl (C=O) groups is 1. The van der Waals surface area contributed by atoms with Crippen LogP contribution in [0.4, 0.5) is 5.69 Å². The quantitative estimate of drug-likeness (QED) is 0.255. The van der Waals surface area contributed by atoms with Gasteiger partial charge in [-0.1, -0.05) is 95.4 Å². The van der Waals surface area contributed by atoms with Crippen molar-refractivity contribution in [2.45, 2.75) is 84.1 Å². The van der Waals surface area contributed by atoms with E-state index in [1.807, 2.05) is 30.3 Å². The highest BCUT2D eigenvalue weighted by molar-refractivity contribution is 5.94. The molecule has 0 atom stereocenters. The number of carboxylic acids is 1. The number of benzene rings is 2. The van der Waals surface area contributed by atoms with E-state index in [0.29, 0.717) is 12.2 Å². The van der Waals surface area contributed by atoms with Gasteiger partial charge in [-0.15, -0.1) is 0 Å². The van der Waals surface area contributed by atoms with E-state index in [4.69, 9.17) is 4.74 Å². The van der Waals surface area contributed by atoms with Gasteiger partial charge >= 0.3 is 5.97 Å². The van der Waals surface area contributed by atoms with Crippen LogP contribution in [0.2, 0.25) is 0 Å². The summed E-state index contributed by atoms with van der Waals surface area (Å²) in [7, 11) is 0. The van der Waals surface area contributed by atoms with Crippen molar-refractivity contribution >= 4 is 11.7 Å². The molecule has 4 heteroatoms. The van der Waals surface area contributed by atoms with Gasteiger partial charge in [-0.3, -0.25) is 0 Å². The highest BCUT2D eigenvalue weighted by Crippen LogP contribution is 2.18. The Bertz CT molecular complexity index is 742. The molecule has 2 aromatic carbocycles. The third kappa shape index (κ3) is 10.4. The van der Waals surface area contributed by atoms with Crippen molar-refractivity contribution in [2.24, 2.45) is 0 Å². The van der Waals surface area contributed by atoms with E-state index in [1.165, 1.54) is 64.2 Å². The Morgan fingerprint density at radius 1 is 0.806 bits per heavy atom. The van der Waals surface area contributed by atoms with E-state index >= 15 is 0 Å². The molecule has 0 aliphatic carbocycles. The zero-order valence-electron chi connectivity index (χ0n) is 19.1. The summed E-state index contributed by atoms with van der Waals surface area (Å²) in [6, 6.07) is 15.0. The van der Waals surface area contributed by atoms with E-state index in [-0.39, 0.29) is 5.56 Å². The Hall–Kier alpha value is -2.49. The van der Waals surface area contributed by atoms with Gasteiger partial charge in [0.05, 0.1) is 12.2 Å². The maximum absolute atomic E-state index is 11.3. The molecule has 0 amide bonds. The van der Waals surface area contributed by atoms with Crippen molar-refractivity contribution < 1.29 is 14.6 Å². The standard InChI is InChI=1S/C27H39NO3/c1-2-3-4-5-6-7-8-9-10-11-14-21-31-24-19-17-23(18-20-24)22-28-26-16-13-12-15-25(26)27(29)30/h12-13,15-20,28H,2-11,14,21-22H2,1H3,(H,29,30). The van der Waals surface area contributed by atoms with E-state index in [2.05, 4.69) is 12.2 Å². The first-order chi connectivity index (χ1) is 15.2. The van der Waals surface area contributed by atoms with Gasteiger partial charge in [0.2, 0.25) is 0 Å². The molecule has 4 nitrogen and oxygen atoms in total. The molecule has 0 fully saturated rings. The Morgan fingerprint density at radius 3 is 2.00 bits per heavy atom. The molecular weight excluding hydrogens is 386 g/mol. The molecule has 0 aliphatic rings. The number of rotatable bonds is 17. The SMILES string of the molecule is CCCCCCCCCCCCCOc1ccc(CNc2ccccc2C(=O)O)cc1. The zero-order chi connectivity index (χ0) is 22.2. The number of anilines is 1. The minimum Gasteiger partial charge on any atom is -0.494 e. The maximum Gasteiger partial charge on any atom is 0.337 e. The molecule has 0 aromatic heterocycles. The fourth-order valence-electron chi connectivity index (χ4n) is 3.68. The largest absolute Gasteiger partial charge is 0.494 e. The Morgan fingerprint density at radius 2 is 1.39 bits per heavy atom. The zero-order valence-corrected chi connectivity index (χ0v) is 19.1. The lowest BCUT2D eigenvalue weighted by atomic mass is 10.1. The molecule has 0 saturated carbocycles. The first-order valence-electron chi connectivity index (χ1n) is 12.0. The van der Waals surface area contributed by atoms with E-state index in [0.717, 1.165) is 24.3 Å². The molecule has 170 valence electrons. The fourth-order valence-corrected chi connectivity index (χ4v) is 3.68. The summed E-state index contributed by atoms with van der Waals surface area (Å²) in [5, 5.41) is 12.5. The van der Waals surface area contributed by atoms with Crippen molar-refractivity contribution in [1.82, 2.24) is 0 Å². The van der Waals surface area contributed by atoms with Gasteiger partial charge in [0.25, 0.3) is 0 Å². The predicted octanol–water partition coefficient (Wildman–Crippen LogP) is 7.69. The van der Waals surface area contributed by atoms with Crippen LogP contribution < -0.4 is 10.1 Å².